The molecule has 0 saturated carbocycles. The van der Waals surface area contributed by atoms with Gasteiger partial charge >= 0.3 is 0 Å². The van der Waals surface area contributed by atoms with Gasteiger partial charge in [-0.15, -0.1) is 0 Å². The SMILES string of the molecule is O=[C-]O.[2H][B]C(=O)O.[U]. The molecular formula is C2H3BO4U-. The van der Waals surface area contributed by atoms with E-state index in [1.807, 2.05) is 0 Å². The molecule has 0 saturated heterocycles. The second kappa shape index (κ2) is 15.7. The molecule has 2 N–H and O–H groups in total. The van der Waals surface area contributed by atoms with Gasteiger partial charge in [0, 0.05) is 31.1 Å². The molecule has 0 amide bonds. The molecule has 4 nitrogen and oxygen atoms in total. The Morgan fingerprint density at radius 3 is 2.00 bits per heavy atom. The maximum Gasteiger partial charge on any atom is 0.239 e. The molecule has 0 heterocycles. The minimum Gasteiger partial charge on any atom is -0.665 e. The Kier molecular flexibility index (Phi) is 21.5. The predicted molar refractivity (Wildman–Crippen MR) is 23.5 cm³/mol. The van der Waals surface area contributed by atoms with Crippen molar-refractivity contribution in [2.75, 3.05) is 0 Å². The van der Waals surface area contributed by atoms with Gasteiger partial charge in [0.1, 0.15) is 0 Å². The monoisotopic (exact) mass is 341 g/mol. The Balaban J connectivity index is -0.0000000800. The van der Waals surface area contributed by atoms with Crippen molar-refractivity contribution in [3.63, 3.8) is 0 Å². The molecule has 0 bridgehead atoms. The fourth-order valence-corrected chi connectivity index (χ4v) is 0. The van der Waals surface area contributed by atoms with Crippen LogP contribution in [0.1, 0.15) is 0 Å². The largest absolute Gasteiger partial charge is 0.665 e. The molecule has 6 heteroatoms. The average molecular weight is 341 g/mol. The zero-order valence-corrected chi connectivity index (χ0v) is 7.95. The standard InChI is InChI=1S/CH2BO2.CHO2.U/c2-1(3)4;2-1-3;/h2H,(H,3,4);(H,2,3);/q;-1;/i2D;;. The van der Waals surface area contributed by atoms with E-state index in [1.165, 1.54) is 0 Å². The van der Waals surface area contributed by atoms with Crippen molar-refractivity contribution in [3.8, 4) is 0 Å². The third-order valence-corrected chi connectivity index (χ3v) is 0. The maximum atomic E-state index is 9.12. The van der Waals surface area contributed by atoms with E-state index in [0.717, 1.165) is 0 Å². The van der Waals surface area contributed by atoms with Crippen molar-refractivity contribution in [1.82, 2.24) is 0 Å². The first-order valence-electron chi connectivity index (χ1n) is 1.72. The van der Waals surface area contributed by atoms with Crippen LogP contribution in [0.5, 0.6) is 0 Å². The van der Waals surface area contributed by atoms with Crippen LogP contribution in [0.4, 0.5) is 4.79 Å². The first kappa shape index (κ1) is 10.9. The Morgan fingerprint density at radius 2 is 2.00 bits per heavy atom. The van der Waals surface area contributed by atoms with E-state index in [1.54, 1.807) is 0 Å². The topological polar surface area (TPSA) is 74.6 Å². The van der Waals surface area contributed by atoms with Crippen molar-refractivity contribution >= 4 is 20.2 Å². The molecule has 0 unspecified atom stereocenters. The molecular weight excluding hydrogens is 337 g/mol. The summed E-state index contributed by atoms with van der Waals surface area (Å²) in [6.45, 7) is 0.500. The number of hydrogen-bond donors (Lipinski definition) is 2. The molecule has 0 fully saturated rings. The summed E-state index contributed by atoms with van der Waals surface area (Å²) in [4.78, 5) is 17.4. The summed E-state index contributed by atoms with van der Waals surface area (Å²) in [6.07, 6.45) is 0. The van der Waals surface area contributed by atoms with E-state index in [2.05, 4.69) is 0 Å². The molecule has 43 valence electrons. The van der Waals surface area contributed by atoms with E-state index in [0.29, 0.717) is 14.3 Å². The Hall–Kier alpha value is 0.0569. The molecule has 8 heavy (non-hydrogen) atoms. The quantitative estimate of drug-likeness (QED) is 0.483. The van der Waals surface area contributed by atoms with Gasteiger partial charge in [-0.1, -0.05) is 6.47 Å². The summed E-state index contributed by atoms with van der Waals surface area (Å²) in [5.41, 5.74) is 0. The van der Waals surface area contributed by atoms with E-state index >= 15 is 0 Å². The summed E-state index contributed by atoms with van der Waals surface area (Å²) in [5, 5.41) is 14.2. The molecule has 0 aliphatic heterocycles. The molecule has 0 rings (SSSR count). The molecule has 0 aromatic heterocycles. The number of hydrogen-bond acceptors (Lipinski definition) is 2. The van der Waals surface area contributed by atoms with Crippen molar-refractivity contribution in [2.24, 2.45) is 0 Å². The number of rotatable bonds is 1. The zero-order chi connectivity index (χ0) is 6.99. The first-order chi connectivity index (χ1) is 3.68. The molecule has 0 spiro atoms. The molecule has 0 aromatic carbocycles. The van der Waals surface area contributed by atoms with Crippen LogP contribution in [0.2, 0.25) is 0 Å². The summed E-state index contributed by atoms with van der Waals surface area (Å²) >= 11 is 0. The molecule has 0 aliphatic carbocycles. The van der Waals surface area contributed by atoms with Crippen LogP contribution in [-0.4, -0.2) is 31.7 Å². The van der Waals surface area contributed by atoms with Crippen LogP contribution in [-0.2, 0) is 4.79 Å². The second-order valence-electron chi connectivity index (χ2n) is 0.430. The van der Waals surface area contributed by atoms with Crippen molar-refractivity contribution < 1.29 is 50.9 Å². The summed E-state index contributed by atoms with van der Waals surface area (Å²) < 4.78 is 5.93. The van der Waals surface area contributed by atoms with Crippen LogP contribution < -0.4 is 0 Å². The van der Waals surface area contributed by atoms with Crippen LogP contribution in [0.15, 0.2) is 0 Å². The minimum absolute atomic E-state index is 0. The third-order valence-electron chi connectivity index (χ3n) is 0. The van der Waals surface area contributed by atoms with Gasteiger partial charge in [-0.05, 0) is 1.34 Å². The van der Waals surface area contributed by atoms with E-state index in [4.69, 9.17) is 21.1 Å². The van der Waals surface area contributed by atoms with Gasteiger partial charge in [-0.25, -0.2) is 0 Å². The Bertz CT molecular complexity index is 79.0. The van der Waals surface area contributed by atoms with Crippen molar-refractivity contribution in [3.05, 3.63) is 0 Å². The summed E-state index contributed by atoms with van der Waals surface area (Å²) in [7, 11) is 0.333. The van der Waals surface area contributed by atoms with Crippen molar-refractivity contribution in [1.29, 1.82) is 1.34 Å². The van der Waals surface area contributed by atoms with E-state index in [-0.39, 0.29) is 31.1 Å². The molecule has 0 aromatic rings. The average Bonchev–Trinajstić information content (AvgIpc) is 1.69. The Morgan fingerprint density at radius 1 is 1.88 bits per heavy atom. The second-order valence-corrected chi connectivity index (χ2v) is 0.430. The van der Waals surface area contributed by atoms with Gasteiger partial charge in [0.15, 0.2) is 0 Å². The number of carboxylic acid groups (broad SMARTS) is 1. The smallest absolute Gasteiger partial charge is 0.239 e. The van der Waals surface area contributed by atoms with E-state index in [9.17, 15) is 0 Å². The van der Waals surface area contributed by atoms with Gasteiger partial charge < -0.3 is 15.0 Å². The van der Waals surface area contributed by atoms with Gasteiger partial charge in [-0.3, -0.25) is 4.79 Å². The number of carbonyl (C=O) groups is 1. The van der Waals surface area contributed by atoms with Gasteiger partial charge in [0.25, 0.3) is 0 Å². The first-order valence-corrected chi connectivity index (χ1v) is 1.14. The predicted octanol–water partition coefficient (Wildman–Crippen LogP) is -0.823. The van der Waals surface area contributed by atoms with Gasteiger partial charge in [0.2, 0.25) is 13.7 Å². The minimum atomic E-state index is -1.20. The molecule has 0 aliphatic rings. The fraction of sp³-hybridized carbons (Fsp3) is 0. The van der Waals surface area contributed by atoms with Gasteiger partial charge in [0.05, 0.1) is 0 Å². The molecule has 1 radical (unpaired) electrons. The summed E-state index contributed by atoms with van der Waals surface area (Å²) in [6, 6.07) is 0. The van der Waals surface area contributed by atoms with Crippen LogP contribution >= 0.6 is 0 Å². The zero-order valence-electron chi connectivity index (χ0n) is 4.79. The number of aliphatic hydroxyl groups excluding tert-OH is 1. The van der Waals surface area contributed by atoms with E-state index < -0.39 is 5.87 Å². The molecule has 0 atom stereocenters. The fourth-order valence-electron chi connectivity index (χ4n) is 0. The van der Waals surface area contributed by atoms with Gasteiger partial charge in [-0.2, -0.15) is 0 Å². The van der Waals surface area contributed by atoms with Crippen LogP contribution in [0.25, 0.3) is 0 Å². The third kappa shape index (κ3) is 47900. The normalized spacial score (nSPS) is 5.75. The van der Waals surface area contributed by atoms with Crippen LogP contribution in [0, 0.1) is 31.1 Å². The Labute approximate surface area is 72.4 Å². The summed E-state index contributed by atoms with van der Waals surface area (Å²) in [5.74, 6) is -1.20. The maximum absolute atomic E-state index is 9.12. The van der Waals surface area contributed by atoms with Crippen LogP contribution in [0.3, 0.4) is 0 Å². The van der Waals surface area contributed by atoms with Crippen molar-refractivity contribution in [2.45, 2.75) is 0 Å².